The molecule has 1 unspecified atom stereocenters. The minimum absolute atomic E-state index is 0.320. The first-order valence-electron chi connectivity index (χ1n) is 5.29. The second kappa shape index (κ2) is 4.64. The van der Waals surface area contributed by atoms with Crippen molar-refractivity contribution < 1.29 is 0 Å². The van der Waals surface area contributed by atoms with Gasteiger partial charge < -0.3 is 4.57 Å². The summed E-state index contributed by atoms with van der Waals surface area (Å²) >= 11 is 3.40. The van der Waals surface area contributed by atoms with Crippen LogP contribution >= 0.6 is 15.9 Å². The van der Waals surface area contributed by atoms with Crippen LogP contribution in [-0.4, -0.2) is 14.8 Å². The molecule has 0 N–H and O–H groups in total. The van der Waals surface area contributed by atoms with Gasteiger partial charge in [0.2, 0.25) is 0 Å². The molecule has 0 saturated carbocycles. The van der Waals surface area contributed by atoms with Gasteiger partial charge in [-0.3, -0.25) is 0 Å². The Morgan fingerprint density at radius 3 is 2.20 bits per heavy atom. The third-order valence-electron chi connectivity index (χ3n) is 3.14. The van der Waals surface area contributed by atoms with E-state index in [0.29, 0.717) is 11.3 Å². The maximum Gasteiger partial charge on any atom is 0.143 e. The Hall–Kier alpha value is -0.380. The van der Waals surface area contributed by atoms with Gasteiger partial charge in [-0.05, 0) is 11.3 Å². The van der Waals surface area contributed by atoms with Gasteiger partial charge >= 0.3 is 0 Å². The summed E-state index contributed by atoms with van der Waals surface area (Å²) in [6, 6.07) is 0. The van der Waals surface area contributed by atoms with Gasteiger partial charge in [0.25, 0.3) is 0 Å². The summed E-state index contributed by atoms with van der Waals surface area (Å²) in [6.45, 7) is 9.06. The molecule has 1 heterocycles. The summed E-state index contributed by atoms with van der Waals surface area (Å²) < 4.78 is 2.08. The molecule has 1 aromatic rings. The molecule has 86 valence electrons. The van der Waals surface area contributed by atoms with Crippen molar-refractivity contribution in [3.8, 4) is 0 Å². The topological polar surface area (TPSA) is 30.7 Å². The van der Waals surface area contributed by atoms with Crippen molar-refractivity contribution in [3.63, 3.8) is 0 Å². The fourth-order valence-corrected chi connectivity index (χ4v) is 1.76. The van der Waals surface area contributed by atoms with Crippen molar-refractivity contribution in [1.82, 2.24) is 14.8 Å². The maximum absolute atomic E-state index is 4.22. The number of hydrogen-bond donors (Lipinski definition) is 0. The number of aromatic nitrogens is 3. The standard InChI is InChI=1S/C11H20BrN3/c1-8(11(2,3)4)6-9-13-14-10(7-12)15(9)5/h8H,6-7H2,1-5H3. The summed E-state index contributed by atoms with van der Waals surface area (Å²) in [5, 5.41) is 9.12. The van der Waals surface area contributed by atoms with Crippen LogP contribution in [0, 0.1) is 11.3 Å². The predicted octanol–water partition coefficient (Wildman–Crippen LogP) is 2.93. The Morgan fingerprint density at radius 1 is 1.27 bits per heavy atom. The molecule has 0 amide bonds. The monoisotopic (exact) mass is 273 g/mol. The van der Waals surface area contributed by atoms with E-state index in [9.17, 15) is 0 Å². The largest absolute Gasteiger partial charge is 0.317 e. The average molecular weight is 274 g/mol. The van der Waals surface area contributed by atoms with Gasteiger partial charge in [0, 0.05) is 13.5 Å². The fraction of sp³-hybridized carbons (Fsp3) is 0.818. The summed E-state index contributed by atoms with van der Waals surface area (Å²) in [5.74, 6) is 2.67. The third kappa shape index (κ3) is 3.03. The van der Waals surface area contributed by atoms with Crippen LogP contribution in [-0.2, 0) is 18.8 Å². The Bertz CT molecular complexity index is 325. The maximum atomic E-state index is 4.22. The van der Waals surface area contributed by atoms with Gasteiger partial charge in [-0.15, -0.1) is 10.2 Å². The van der Waals surface area contributed by atoms with E-state index in [-0.39, 0.29) is 0 Å². The van der Waals surface area contributed by atoms with Gasteiger partial charge in [0.15, 0.2) is 0 Å². The highest BCUT2D eigenvalue weighted by Crippen LogP contribution is 2.27. The van der Waals surface area contributed by atoms with Crippen molar-refractivity contribution in [1.29, 1.82) is 0 Å². The summed E-state index contributed by atoms with van der Waals surface area (Å²) in [5.41, 5.74) is 0.320. The van der Waals surface area contributed by atoms with E-state index >= 15 is 0 Å². The second-order valence-electron chi connectivity index (χ2n) is 5.20. The van der Waals surface area contributed by atoms with Gasteiger partial charge in [0.05, 0.1) is 5.33 Å². The van der Waals surface area contributed by atoms with Crippen molar-refractivity contribution >= 4 is 15.9 Å². The molecular formula is C11H20BrN3. The quantitative estimate of drug-likeness (QED) is 0.793. The molecule has 0 bridgehead atoms. The van der Waals surface area contributed by atoms with Crippen LogP contribution in [0.25, 0.3) is 0 Å². The lowest BCUT2D eigenvalue weighted by Gasteiger charge is -2.26. The molecule has 0 spiro atoms. The van der Waals surface area contributed by atoms with Crippen LogP contribution in [0.2, 0.25) is 0 Å². The van der Waals surface area contributed by atoms with Crippen molar-refractivity contribution in [2.24, 2.45) is 18.4 Å². The lowest BCUT2D eigenvalue weighted by atomic mass is 9.80. The summed E-state index contributed by atoms with van der Waals surface area (Å²) in [4.78, 5) is 0. The number of hydrogen-bond acceptors (Lipinski definition) is 2. The Labute approximate surface area is 100 Å². The van der Waals surface area contributed by atoms with E-state index in [1.807, 2.05) is 7.05 Å². The van der Waals surface area contributed by atoms with Crippen molar-refractivity contribution in [2.45, 2.75) is 39.4 Å². The van der Waals surface area contributed by atoms with E-state index in [1.165, 1.54) is 0 Å². The summed E-state index contributed by atoms with van der Waals surface area (Å²) in [6.07, 6.45) is 0.986. The number of alkyl halides is 1. The minimum atomic E-state index is 0.320. The Kier molecular flexibility index (Phi) is 3.93. The highest BCUT2D eigenvalue weighted by atomic mass is 79.9. The molecule has 0 aliphatic carbocycles. The molecule has 0 aliphatic rings. The highest BCUT2D eigenvalue weighted by molar-refractivity contribution is 9.08. The van der Waals surface area contributed by atoms with Crippen LogP contribution in [0.15, 0.2) is 0 Å². The highest BCUT2D eigenvalue weighted by Gasteiger charge is 2.22. The predicted molar refractivity (Wildman–Crippen MR) is 66.0 cm³/mol. The molecule has 3 nitrogen and oxygen atoms in total. The van der Waals surface area contributed by atoms with Gasteiger partial charge in [-0.25, -0.2) is 0 Å². The third-order valence-corrected chi connectivity index (χ3v) is 3.64. The van der Waals surface area contributed by atoms with E-state index in [0.717, 1.165) is 23.4 Å². The van der Waals surface area contributed by atoms with Crippen LogP contribution in [0.5, 0.6) is 0 Å². The van der Waals surface area contributed by atoms with Gasteiger partial charge in [0.1, 0.15) is 11.6 Å². The Balaban J connectivity index is 2.77. The zero-order chi connectivity index (χ0) is 11.6. The van der Waals surface area contributed by atoms with E-state index in [4.69, 9.17) is 0 Å². The van der Waals surface area contributed by atoms with Crippen LogP contribution in [0.4, 0.5) is 0 Å². The number of rotatable bonds is 3. The molecule has 1 atom stereocenters. The van der Waals surface area contributed by atoms with E-state index < -0.39 is 0 Å². The molecule has 0 radical (unpaired) electrons. The summed E-state index contributed by atoms with van der Waals surface area (Å²) in [7, 11) is 2.03. The van der Waals surface area contributed by atoms with Gasteiger partial charge in [-0.2, -0.15) is 0 Å². The first-order valence-corrected chi connectivity index (χ1v) is 6.41. The minimum Gasteiger partial charge on any atom is -0.317 e. The number of nitrogens with zero attached hydrogens (tertiary/aromatic N) is 3. The Morgan fingerprint density at radius 2 is 1.80 bits per heavy atom. The first-order chi connectivity index (χ1) is 6.86. The molecule has 15 heavy (non-hydrogen) atoms. The zero-order valence-corrected chi connectivity index (χ0v) is 11.8. The lowest BCUT2D eigenvalue weighted by Crippen LogP contribution is -2.21. The van der Waals surface area contributed by atoms with E-state index in [2.05, 4.69) is 58.4 Å². The smallest absolute Gasteiger partial charge is 0.143 e. The molecule has 0 fully saturated rings. The van der Waals surface area contributed by atoms with Crippen molar-refractivity contribution in [3.05, 3.63) is 11.6 Å². The first kappa shape index (κ1) is 12.7. The molecule has 1 aromatic heterocycles. The molecular weight excluding hydrogens is 254 g/mol. The van der Waals surface area contributed by atoms with Crippen molar-refractivity contribution in [2.75, 3.05) is 0 Å². The zero-order valence-electron chi connectivity index (χ0n) is 10.2. The fourth-order valence-electron chi connectivity index (χ4n) is 1.27. The SMILES string of the molecule is CC(Cc1nnc(CBr)n1C)C(C)(C)C. The molecule has 0 saturated heterocycles. The molecule has 4 heteroatoms. The normalized spacial score (nSPS) is 14.3. The van der Waals surface area contributed by atoms with Crippen LogP contribution < -0.4 is 0 Å². The number of halogens is 1. The van der Waals surface area contributed by atoms with Crippen LogP contribution in [0.3, 0.4) is 0 Å². The van der Waals surface area contributed by atoms with Gasteiger partial charge in [-0.1, -0.05) is 43.6 Å². The van der Waals surface area contributed by atoms with E-state index in [1.54, 1.807) is 0 Å². The molecule has 1 rings (SSSR count). The van der Waals surface area contributed by atoms with Crippen LogP contribution in [0.1, 0.15) is 39.3 Å². The molecule has 0 aliphatic heterocycles. The lowest BCUT2D eigenvalue weighted by molar-refractivity contribution is 0.255. The second-order valence-corrected chi connectivity index (χ2v) is 5.76. The molecule has 0 aromatic carbocycles. The average Bonchev–Trinajstić information content (AvgIpc) is 2.46.